The molecule has 0 unspecified atom stereocenters. The molecule has 0 amide bonds. The predicted octanol–water partition coefficient (Wildman–Crippen LogP) is 1.42. The predicted molar refractivity (Wildman–Crippen MR) is 66.8 cm³/mol. The summed E-state index contributed by atoms with van der Waals surface area (Å²) in [5.41, 5.74) is 1.20. The van der Waals surface area contributed by atoms with Crippen molar-refractivity contribution in [2.45, 2.75) is 18.7 Å². The molecule has 5 nitrogen and oxygen atoms in total. The molecule has 0 atom stereocenters. The van der Waals surface area contributed by atoms with Crippen molar-refractivity contribution >= 4 is 15.8 Å². The van der Waals surface area contributed by atoms with Crippen LogP contribution in [0.15, 0.2) is 17.0 Å². The summed E-state index contributed by atoms with van der Waals surface area (Å²) in [6, 6.07) is 2.67. The zero-order valence-corrected chi connectivity index (χ0v) is 11.4. The van der Waals surface area contributed by atoms with E-state index in [1.165, 1.54) is 19.2 Å². The first kappa shape index (κ1) is 14.7. The summed E-state index contributed by atoms with van der Waals surface area (Å²) in [5.74, 6) is -1.30. The molecular weight excluding hydrogens is 256 g/mol. The molecule has 1 aromatic carbocycles. The van der Waals surface area contributed by atoms with Crippen molar-refractivity contribution in [1.29, 1.82) is 0 Å². The minimum atomic E-state index is -3.52. The van der Waals surface area contributed by atoms with Crippen molar-refractivity contribution in [3.05, 3.63) is 28.8 Å². The van der Waals surface area contributed by atoms with Gasteiger partial charge in [0.25, 0.3) is 0 Å². The highest BCUT2D eigenvalue weighted by Gasteiger charge is 2.20. The second-order valence-electron chi connectivity index (χ2n) is 4.03. The van der Waals surface area contributed by atoms with Gasteiger partial charge in [-0.2, -0.15) is 0 Å². The standard InChI is InChI=1S/C12H16O5S/c1-8-6-10(12(13)14)7-11(9(8)2)18(15,16)5-4-17-3/h6-7H,4-5H2,1-3H3,(H,13,14). The van der Waals surface area contributed by atoms with Crippen molar-refractivity contribution in [3.8, 4) is 0 Å². The van der Waals surface area contributed by atoms with E-state index in [1.807, 2.05) is 0 Å². The number of aryl methyl sites for hydroxylation is 1. The molecule has 0 aromatic heterocycles. The number of carboxylic acid groups (broad SMARTS) is 1. The Morgan fingerprint density at radius 3 is 2.44 bits per heavy atom. The second kappa shape index (κ2) is 5.49. The van der Waals surface area contributed by atoms with Crippen molar-refractivity contribution < 1.29 is 23.1 Å². The number of sulfone groups is 1. The first-order chi connectivity index (χ1) is 8.29. The van der Waals surface area contributed by atoms with Crippen LogP contribution in [0, 0.1) is 13.8 Å². The van der Waals surface area contributed by atoms with Crippen molar-refractivity contribution in [2.75, 3.05) is 19.5 Å². The molecule has 100 valence electrons. The highest BCUT2D eigenvalue weighted by atomic mass is 32.2. The van der Waals surface area contributed by atoms with Gasteiger partial charge in [0.05, 0.1) is 22.8 Å². The van der Waals surface area contributed by atoms with Crippen molar-refractivity contribution in [2.24, 2.45) is 0 Å². The largest absolute Gasteiger partial charge is 0.478 e. The number of rotatable bonds is 5. The molecule has 18 heavy (non-hydrogen) atoms. The Labute approximate surface area is 106 Å². The van der Waals surface area contributed by atoms with Crippen LogP contribution in [0.5, 0.6) is 0 Å². The van der Waals surface area contributed by atoms with Crippen LogP contribution in [0.4, 0.5) is 0 Å². The van der Waals surface area contributed by atoms with Gasteiger partial charge in [0.1, 0.15) is 0 Å². The van der Waals surface area contributed by atoms with Crippen LogP contribution in [-0.4, -0.2) is 39.0 Å². The monoisotopic (exact) mass is 272 g/mol. The van der Waals surface area contributed by atoms with E-state index in [0.29, 0.717) is 11.1 Å². The molecule has 0 bridgehead atoms. The fourth-order valence-electron chi connectivity index (χ4n) is 1.58. The maximum Gasteiger partial charge on any atom is 0.335 e. The summed E-state index contributed by atoms with van der Waals surface area (Å²) in [5, 5.41) is 8.95. The van der Waals surface area contributed by atoms with Gasteiger partial charge < -0.3 is 9.84 Å². The lowest BCUT2D eigenvalue weighted by Crippen LogP contribution is -2.14. The third kappa shape index (κ3) is 3.08. The number of aromatic carboxylic acids is 1. The van der Waals surface area contributed by atoms with E-state index < -0.39 is 15.8 Å². The Bertz CT molecular complexity index is 560. The number of benzene rings is 1. The minimum Gasteiger partial charge on any atom is -0.478 e. The highest BCUT2D eigenvalue weighted by molar-refractivity contribution is 7.91. The molecule has 0 radical (unpaired) electrons. The number of ether oxygens (including phenoxy) is 1. The van der Waals surface area contributed by atoms with Gasteiger partial charge in [0.2, 0.25) is 0 Å². The molecule has 0 heterocycles. The van der Waals surface area contributed by atoms with Gasteiger partial charge in [-0.1, -0.05) is 0 Å². The summed E-state index contributed by atoms with van der Waals surface area (Å²) in [4.78, 5) is 11.0. The van der Waals surface area contributed by atoms with Crippen LogP contribution in [0.25, 0.3) is 0 Å². The average Bonchev–Trinajstić information content (AvgIpc) is 2.29. The number of carboxylic acids is 1. The van der Waals surface area contributed by atoms with Crippen molar-refractivity contribution in [1.82, 2.24) is 0 Å². The van der Waals surface area contributed by atoms with Crippen LogP contribution >= 0.6 is 0 Å². The number of hydrogen-bond acceptors (Lipinski definition) is 4. The van der Waals surface area contributed by atoms with Crippen LogP contribution in [-0.2, 0) is 14.6 Å². The van der Waals surface area contributed by atoms with Gasteiger partial charge in [0.15, 0.2) is 9.84 Å². The average molecular weight is 272 g/mol. The van der Waals surface area contributed by atoms with Gasteiger partial charge in [-0.25, -0.2) is 13.2 Å². The summed E-state index contributed by atoms with van der Waals surface area (Å²) in [6.45, 7) is 3.44. The summed E-state index contributed by atoms with van der Waals surface area (Å²) < 4.78 is 28.9. The van der Waals surface area contributed by atoms with Crippen LogP contribution in [0.3, 0.4) is 0 Å². The quantitative estimate of drug-likeness (QED) is 0.876. The van der Waals surface area contributed by atoms with E-state index in [2.05, 4.69) is 0 Å². The number of hydrogen-bond donors (Lipinski definition) is 1. The van der Waals surface area contributed by atoms with Gasteiger partial charge in [-0.15, -0.1) is 0 Å². The molecule has 0 aliphatic heterocycles. The molecule has 0 fully saturated rings. The van der Waals surface area contributed by atoms with E-state index in [1.54, 1.807) is 13.8 Å². The molecule has 1 N–H and O–H groups in total. The third-order valence-corrected chi connectivity index (χ3v) is 4.56. The maximum absolute atomic E-state index is 12.1. The summed E-state index contributed by atoms with van der Waals surface area (Å²) in [7, 11) is -2.10. The molecule has 0 saturated carbocycles. The van der Waals surface area contributed by atoms with E-state index in [-0.39, 0.29) is 22.8 Å². The molecule has 0 saturated heterocycles. The first-order valence-corrected chi connectivity index (χ1v) is 7.01. The molecule has 1 aromatic rings. The Morgan fingerprint density at radius 2 is 1.94 bits per heavy atom. The molecule has 0 aliphatic rings. The van der Waals surface area contributed by atoms with E-state index in [0.717, 1.165) is 0 Å². The molecule has 1 rings (SSSR count). The van der Waals surface area contributed by atoms with E-state index >= 15 is 0 Å². The second-order valence-corrected chi connectivity index (χ2v) is 6.11. The van der Waals surface area contributed by atoms with Crippen LogP contribution < -0.4 is 0 Å². The van der Waals surface area contributed by atoms with Crippen LogP contribution in [0.1, 0.15) is 21.5 Å². The fourth-order valence-corrected chi connectivity index (χ4v) is 3.12. The van der Waals surface area contributed by atoms with Crippen molar-refractivity contribution in [3.63, 3.8) is 0 Å². The van der Waals surface area contributed by atoms with E-state index in [4.69, 9.17) is 9.84 Å². The molecular formula is C12H16O5S. The zero-order chi connectivity index (χ0) is 13.9. The fraction of sp³-hybridized carbons (Fsp3) is 0.417. The molecule has 0 spiro atoms. The van der Waals surface area contributed by atoms with Gasteiger partial charge in [-0.05, 0) is 37.1 Å². The smallest absolute Gasteiger partial charge is 0.335 e. The van der Waals surface area contributed by atoms with Gasteiger partial charge in [0, 0.05) is 7.11 Å². The number of carbonyl (C=O) groups is 1. The first-order valence-electron chi connectivity index (χ1n) is 5.36. The Hall–Kier alpha value is -1.40. The lowest BCUT2D eigenvalue weighted by atomic mass is 10.1. The lowest BCUT2D eigenvalue weighted by molar-refractivity contribution is 0.0696. The lowest BCUT2D eigenvalue weighted by Gasteiger charge is -2.11. The summed E-state index contributed by atoms with van der Waals surface area (Å²) >= 11 is 0. The Kier molecular flexibility index (Phi) is 4.48. The zero-order valence-electron chi connectivity index (χ0n) is 10.6. The molecule has 0 aliphatic carbocycles. The molecule has 6 heteroatoms. The number of methoxy groups -OCH3 is 1. The normalized spacial score (nSPS) is 11.5. The Morgan fingerprint density at radius 1 is 1.33 bits per heavy atom. The SMILES string of the molecule is COCCS(=O)(=O)c1cc(C(=O)O)cc(C)c1C. The summed E-state index contributed by atoms with van der Waals surface area (Å²) in [6.07, 6.45) is 0. The van der Waals surface area contributed by atoms with Gasteiger partial charge >= 0.3 is 5.97 Å². The minimum absolute atomic E-state index is 0.0194. The van der Waals surface area contributed by atoms with Gasteiger partial charge in [-0.3, -0.25) is 0 Å². The van der Waals surface area contributed by atoms with Crippen LogP contribution in [0.2, 0.25) is 0 Å². The highest BCUT2D eigenvalue weighted by Crippen LogP contribution is 2.22. The maximum atomic E-state index is 12.1. The Balaban J connectivity index is 3.35. The topological polar surface area (TPSA) is 80.7 Å². The van der Waals surface area contributed by atoms with E-state index in [9.17, 15) is 13.2 Å². The third-order valence-electron chi connectivity index (χ3n) is 2.76.